The topological polar surface area (TPSA) is 38.0 Å². The van der Waals surface area contributed by atoms with Crippen LogP contribution in [0.3, 0.4) is 0 Å². The second kappa shape index (κ2) is 4.98. The Labute approximate surface area is 110 Å². The lowest BCUT2D eigenvalue weighted by molar-refractivity contribution is 0.908. The van der Waals surface area contributed by atoms with E-state index in [0.29, 0.717) is 0 Å². The molecule has 1 aromatic carbocycles. The predicted molar refractivity (Wildman–Crippen MR) is 77.0 cm³/mol. The summed E-state index contributed by atoms with van der Waals surface area (Å²) in [7, 11) is 0. The summed E-state index contributed by atoms with van der Waals surface area (Å²) in [6.45, 7) is 4.11. The molecule has 0 spiro atoms. The van der Waals surface area contributed by atoms with Crippen molar-refractivity contribution >= 4 is 34.3 Å². The molecule has 1 unspecified atom stereocenters. The molecule has 2 aromatic rings. The van der Waals surface area contributed by atoms with Crippen LogP contribution in [0.1, 0.15) is 23.4 Å². The lowest BCUT2D eigenvalue weighted by Crippen LogP contribution is -2.05. The maximum atomic E-state index is 5.92. The molecule has 1 atom stereocenters. The van der Waals surface area contributed by atoms with Crippen LogP contribution >= 0.6 is 22.9 Å². The Bertz CT molecular complexity index is 522. The highest BCUT2D eigenvalue weighted by Crippen LogP contribution is 2.29. The van der Waals surface area contributed by atoms with E-state index in [1.165, 1.54) is 4.88 Å². The van der Waals surface area contributed by atoms with Crippen LogP contribution < -0.4 is 11.1 Å². The van der Waals surface area contributed by atoms with Gasteiger partial charge in [-0.1, -0.05) is 17.7 Å². The van der Waals surface area contributed by atoms with Gasteiger partial charge in [-0.2, -0.15) is 0 Å². The van der Waals surface area contributed by atoms with Gasteiger partial charge in [-0.3, -0.25) is 0 Å². The van der Waals surface area contributed by atoms with Gasteiger partial charge in [0.2, 0.25) is 0 Å². The molecule has 1 aromatic heterocycles. The van der Waals surface area contributed by atoms with Crippen molar-refractivity contribution in [2.45, 2.75) is 19.9 Å². The van der Waals surface area contributed by atoms with Crippen LogP contribution in [0, 0.1) is 6.92 Å². The molecule has 0 amide bonds. The van der Waals surface area contributed by atoms with Crippen molar-refractivity contribution in [1.29, 1.82) is 0 Å². The minimum Gasteiger partial charge on any atom is -0.398 e. The third kappa shape index (κ3) is 2.93. The van der Waals surface area contributed by atoms with E-state index >= 15 is 0 Å². The van der Waals surface area contributed by atoms with E-state index < -0.39 is 0 Å². The van der Waals surface area contributed by atoms with E-state index in [1.807, 2.05) is 37.3 Å². The van der Waals surface area contributed by atoms with Crippen molar-refractivity contribution < 1.29 is 0 Å². The van der Waals surface area contributed by atoms with Gasteiger partial charge in [0.15, 0.2) is 0 Å². The molecule has 0 aliphatic heterocycles. The second-order valence-electron chi connectivity index (χ2n) is 4.08. The van der Waals surface area contributed by atoms with Gasteiger partial charge in [-0.05, 0) is 43.7 Å². The lowest BCUT2D eigenvalue weighted by atomic mass is 10.1. The molecule has 0 aliphatic carbocycles. The fourth-order valence-electron chi connectivity index (χ4n) is 1.61. The molecule has 0 fully saturated rings. The van der Waals surface area contributed by atoms with Crippen LogP contribution in [-0.2, 0) is 0 Å². The molecule has 3 N–H and O–H groups in total. The van der Waals surface area contributed by atoms with Crippen LogP contribution in [0.2, 0.25) is 4.34 Å². The quantitative estimate of drug-likeness (QED) is 0.805. The maximum absolute atomic E-state index is 5.92. The predicted octanol–water partition coefficient (Wildman–Crippen LogP) is 4.47. The summed E-state index contributed by atoms with van der Waals surface area (Å²) in [5.41, 5.74) is 8.82. The van der Waals surface area contributed by atoms with E-state index in [-0.39, 0.29) is 6.04 Å². The first kappa shape index (κ1) is 12.3. The monoisotopic (exact) mass is 266 g/mol. The molecule has 0 bridgehead atoms. The average Bonchev–Trinajstić information content (AvgIpc) is 2.70. The number of hydrogen-bond acceptors (Lipinski definition) is 3. The molecule has 2 nitrogen and oxygen atoms in total. The highest BCUT2D eigenvalue weighted by atomic mass is 35.5. The number of benzene rings is 1. The minimum absolute atomic E-state index is 0.231. The molecular formula is C13H15ClN2S. The molecule has 0 saturated carbocycles. The molecule has 90 valence electrons. The van der Waals surface area contributed by atoms with Gasteiger partial charge in [-0.15, -0.1) is 11.3 Å². The third-order valence-corrected chi connectivity index (χ3v) is 4.10. The van der Waals surface area contributed by atoms with Crippen molar-refractivity contribution in [3.8, 4) is 0 Å². The maximum Gasteiger partial charge on any atom is 0.0932 e. The SMILES string of the molecule is Cc1ccc(NC(C)c2ccc(Cl)s2)cc1N. The minimum atomic E-state index is 0.231. The Hall–Kier alpha value is -1.19. The smallest absolute Gasteiger partial charge is 0.0932 e. The number of thiophene rings is 1. The van der Waals surface area contributed by atoms with E-state index in [1.54, 1.807) is 11.3 Å². The molecular weight excluding hydrogens is 252 g/mol. The third-order valence-electron chi connectivity index (χ3n) is 2.68. The Morgan fingerprint density at radius 3 is 2.65 bits per heavy atom. The van der Waals surface area contributed by atoms with Gasteiger partial charge < -0.3 is 11.1 Å². The van der Waals surface area contributed by atoms with Crippen molar-refractivity contribution in [2.75, 3.05) is 11.1 Å². The fraction of sp³-hybridized carbons (Fsp3) is 0.231. The van der Waals surface area contributed by atoms with Gasteiger partial charge >= 0.3 is 0 Å². The van der Waals surface area contributed by atoms with E-state index in [2.05, 4.69) is 12.2 Å². The van der Waals surface area contributed by atoms with Gasteiger partial charge in [0.1, 0.15) is 0 Å². The summed E-state index contributed by atoms with van der Waals surface area (Å²) < 4.78 is 0.817. The molecule has 0 radical (unpaired) electrons. The fourth-order valence-corrected chi connectivity index (χ4v) is 2.68. The first-order chi connectivity index (χ1) is 8.06. The average molecular weight is 267 g/mol. The summed E-state index contributed by atoms with van der Waals surface area (Å²) in [5, 5.41) is 3.41. The number of halogens is 1. The van der Waals surface area contributed by atoms with Crippen LogP contribution in [-0.4, -0.2) is 0 Å². The molecule has 0 saturated heterocycles. The Kier molecular flexibility index (Phi) is 3.60. The molecule has 2 rings (SSSR count). The largest absolute Gasteiger partial charge is 0.398 e. The van der Waals surface area contributed by atoms with Gasteiger partial charge in [0, 0.05) is 16.3 Å². The summed E-state index contributed by atoms with van der Waals surface area (Å²) in [5.74, 6) is 0. The number of aryl methyl sites for hydroxylation is 1. The number of hydrogen-bond donors (Lipinski definition) is 2. The van der Waals surface area contributed by atoms with E-state index in [4.69, 9.17) is 17.3 Å². The van der Waals surface area contributed by atoms with Crippen molar-refractivity contribution in [1.82, 2.24) is 0 Å². The zero-order chi connectivity index (χ0) is 12.4. The van der Waals surface area contributed by atoms with E-state index in [0.717, 1.165) is 21.3 Å². The Morgan fingerprint density at radius 1 is 1.29 bits per heavy atom. The van der Waals surface area contributed by atoms with Crippen LogP contribution in [0.15, 0.2) is 30.3 Å². The zero-order valence-electron chi connectivity index (χ0n) is 9.83. The van der Waals surface area contributed by atoms with E-state index in [9.17, 15) is 0 Å². The molecule has 17 heavy (non-hydrogen) atoms. The molecule has 4 heteroatoms. The lowest BCUT2D eigenvalue weighted by Gasteiger charge is -2.14. The van der Waals surface area contributed by atoms with Crippen molar-refractivity contribution in [3.05, 3.63) is 45.1 Å². The van der Waals surface area contributed by atoms with Crippen molar-refractivity contribution in [2.24, 2.45) is 0 Å². The Balaban J connectivity index is 2.12. The molecule has 1 heterocycles. The number of nitrogens with two attached hydrogens (primary N) is 1. The standard InChI is InChI=1S/C13H15ClN2S/c1-8-3-4-10(7-11(8)15)16-9(2)12-5-6-13(14)17-12/h3-7,9,16H,15H2,1-2H3. The van der Waals surface area contributed by atoms with Crippen molar-refractivity contribution in [3.63, 3.8) is 0 Å². The number of nitrogen functional groups attached to an aromatic ring is 1. The van der Waals surface area contributed by atoms with Gasteiger partial charge in [0.25, 0.3) is 0 Å². The number of rotatable bonds is 3. The van der Waals surface area contributed by atoms with Crippen LogP contribution in [0.4, 0.5) is 11.4 Å². The van der Waals surface area contributed by atoms with Crippen LogP contribution in [0.5, 0.6) is 0 Å². The Morgan fingerprint density at radius 2 is 2.06 bits per heavy atom. The summed E-state index contributed by atoms with van der Waals surface area (Å²) in [4.78, 5) is 1.22. The number of anilines is 2. The first-order valence-electron chi connectivity index (χ1n) is 5.44. The summed E-state index contributed by atoms with van der Waals surface area (Å²) in [6, 6.07) is 10.2. The molecule has 0 aliphatic rings. The first-order valence-corrected chi connectivity index (χ1v) is 6.63. The summed E-state index contributed by atoms with van der Waals surface area (Å²) in [6.07, 6.45) is 0. The highest BCUT2D eigenvalue weighted by Gasteiger charge is 2.08. The second-order valence-corrected chi connectivity index (χ2v) is 5.83. The van der Waals surface area contributed by atoms with Crippen LogP contribution in [0.25, 0.3) is 0 Å². The van der Waals surface area contributed by atoms with Gasteiger partial charge in [-0.25, -0.2) is 0 Å². The summed E-state index contributed by atoms with van der Waals surface area (Å²) >= 11 is 7.52. The number of nitrogens with one attached hydrogen (secondary N) is 1. The van der Waals surface area contributed by atoms with Gasteiger partial charge in [0.05, 0.1) is 10.4 Å². The highest BCUT2D eigenvalue weighted by molar-refractivity contribution is 7.16. The zero-order valence-corrected chi connectivity index (χ0v) is 11.4. The normalized spacial score (nSPS) is 12.4.